The number of aromatic nitrogens is 1. The number of nitrogens with zero attached hydrogens (tertiary/aromatic N) is 1. The Kier molecular flexibility index (Phi) is 4.28. The summed E-state index contributed by atoms with van der Waals surface area (Å²) >= 11 is 1.23. The Hall–Kier alpha value is -2.61. The lowest BCUT2D eigenvalue weighted by Crippen LogP contribution is -2.55. The van der Waals surface area contributed by atoms with Gasteiger partial charge in [-0.05, 0) is 31.0 Å². The minimum Gasteiger partial charge on any atom is -0.480 e. The third kappa shape index (κ3) is 3.01. The Morgan fingerprint density at radius 3 is 2.69 bits per heavy atom. The second-order valence-electron chi connectivity index (χ2n) is 6.50. The number of amides is 1. The number of thiazole rings is 1. The number of carbonyl (C=O) groups is 2. The van der Waals surface area contributed by atoms with E-state index in [0.29, 0.717) is 34.2 Å². The van der Waals surface area contributed by atoms with E-state index < -0.39 is 17.4 Å². The van der Waals surface area contributed by atoms with Crippen LogP contribution in [0.2, 0.25) is 0 Å². The summed E-state index contributed by atoms with van der Waals surface area (Å²) in [4.78, 5) is 29.0. The molecule has 0 radical (unpaired) electrons. The van der Waals surface area contributed by atoms with Crippen LogP contribution in [0.15, 0.2) is 24.4 Å². The van der Waals surface area contributed by atoms with E-state index in [1.54, 1.807) is 6.07 Å². The Balaban J connectivity index is 1.54. The third-order valence-electron chi connectivity index (χ3n) is 4.82. The van der Waals surface area contributed by atoms with Gasteiger partial charge in [0.1, 0.15) is 15.4 Å². The average Bonchev–Trinajstić information content (AvgIpc) is 3.31. The summed E-state index contributed by atoms with van der Waals surface area (Å²) in [6.07, 6.45) is 5.01. The number of nitrogens with one attached hydrogen (secondary N) is 1. The van der Waals surface area contributed by atoms with Gasteiger partial charge >= 0.3 is 5.97 Å². The predicted molar refractivity (Wildman–Crippen MR) is 94.6 cm³/mol. The number of carbonyl (C=O) groups excluding carboxylic acids is 1. The van der Waals surface area contributed by atoms with Crippen molar-refractivity contribution in [3.05, 3.63) is 29.3 Å². The molecular formula is C18H18N2O5S. The molecule has 136 valence electrons. The van der Waals surface area contributed by atoms with Crippen LogP contribution in [-0.2, 0) is 4.79 Å². The van der Waals surface area contributed by atoms with Crippen LogP contribution in [0.4, 0.5) is 0 Å². The first-order valence-electron chi connectivity index (χ1n) is 8.49. The maximum atomic E-state index is 12.6. The van der Waals surface area contributed by atoms with Gasteiger partial charge in [0, 0.05) is 5.56 Å². The highest BCUT2D eigenvalue weighted by Gasteiger charge is 2.41. The molecule has 4 rings (SSSR count). The molecule has 1 saturated carbocycles. The molecule has 2 aromatic rings. The molecule has 0 bridgehead atoms. The van der Waals surface area contributed by atoms with E-state index in [4.69, 9.17) is 9.47 Å². The number of hydrogen-bond acceptors (Lipinski definition) is 6. The Morgan fingerprint density at radius 2 is 1.92 bits per heavy atom. The molecule has 1 fully saturated rings. The molecule has 2 aliphatic rings. The quantitative estimate of drug-likeness (QED) is 0.854. The van der Waals surface area contributed by atoms with Gasteiger partial charge < -0.3 is 19.9 Å². The maximum Gasteiger partial charge on any atom is 0.329 e. The summed E-state index contributed by atoms with van der Waals surface area (Å²) < 4.78 is 10.7. The molecule has 0 spiro atoms. The van der Waals surface area contributed by atoms with E-state index in [0.717, 1.165) is 24.8 Å². The van der Waals surface area contributed by atoms with Gasteiger partial charge in [-0.3, -0.25) is 4.79 Å². The molecule has 2 heterocycles. The molecular weight excluding hydrogens is 356 g/mol. The Bertz CT molecular complexity index is 857. The molecule has 0 unspecified atom stereocenters. The number of carboxylic acids is 1. The van der Waals surface area contributed by atoms with Crippen LogP contribution in [-0.4, -0.2) is 34.3 Å². The van der Waals surface area contributed by atoms with Crippen LogP contribution in [0.1, 0.15) is 41.8 Å². The van der Waals surface area contributed by atoms with E-state index >= 15 is 0 Å². The first kappa shape index (κ1) is 16.8. The van der Waals surface area contributed by atoms with E-state index in [1.165, 1.54) is 17.5 Å². The Morgan fingerprint density at radius 1 is 1.15 bits per heavy atom. The first-order chi connectivity index (χ1) is 12.6. The zero-order chi connectivity index (χ0) is 18.1. The average molecular weight is 374 g/mol. The van der Waals surface area contributed by atoms with E-state index in [-0.39, 0.29) is 6.79 Å². The van der Waals surface area contributed by atoms with Gasteiger partial charge in [-0.25, -0.2) is 9.78 Å². The van der Waals surface area contributed by atoms with Gasteiger partial charge in [0.25, 0.3) is 5.91 Å². The van der Waals surface area contributed by atoms with Crippen molar-refractivity contribution in [2.45, 2.75) is 37.6 Å². The second-order valence-corrected chi connectivity index (χ2v) is 7.53. The van der Waals surface area contributed by atoms with Crippen molar-refractivity contribution in [2.24, 2.45) is 0 Å². The normalized spacial score (nSPS) is 17.7. The molecule has 1 aromatic heterocycles. The van der Waals surface area contributed by atoms with Crippen molar-refractivity contribution in [2.75, 3.05) is 6.79 Å². The number of aliphatic carboxylic acids is 1. The number of benzene rings is 1. The molecule has 1 aliphatic heterocycles. The van der Waals surface area contributed by atoms with Gasteiger partial charge in [-0.2, -0.15) is 0 Å². The highest BCUT2D eigenvalue weighted by Crippen LogP contribution is 2.37. The lowest BCUT2D eigenvalue weighted by molar-refractivity contribution is -0.145. The van der Waals surface area contributed by atoms with Gasteiger partial charge in [0.15, 0.2) is 11.5 Å². The largest absolute Gasteiger partial charge is 0.480 e. The van der Waals surface area contributed by atoms with Crippen LogP contribution < -0.4 is 14.8 Å². The topological polar surface area (TPSA) is 97.8 Å². The monoisotopic (exact) mass is 374 g/mol. The molecule has 0 atom stereocenters. The fourth-order valence-corrected chi connectivity index (χ4v) is 4.18. The van der Waals surface area contributed by atoms with Gasteiger partial charge in [0.05, 0.1) is 6.20 Å². The fourth-order valence-electron chi connectivity index (χ4n) is 3.37. The van der Waals surface area contributed by atoms with Gasteiger partial charge in [-0.15, -0.1) is 11.3 Å². The van der Waals surface area contributed by atoms with Crippen LogP contribution >= 0.6 is 11.3 Å². The van der Waals surface area contributed by atoms with Crippen LogP contribution in [0.25, 0.3) is 10.6 Å². The predicted octanol–water partition coefficient (Wildman–Crippen LogP) is 3.06. The number of carboxylic acid groups (broad SMARTS) is 1. The molecule has 1 aliphatic carbocycles. The van der Waals surface area contributed by atoms with Crippen molar-refractivity contribution in [3.63, 3.8) is 0 Å². The van der Waals surface area contributed by atoms with Gasteiger partial charge in [-0.1, -0.05) is 19.3 Å². The molecule has 1 amide bonds. The van der Waals surface area contributed by atoms with Crippen LogP contribution in [0.5, 0.6) is 11.5 Å². The molecule has 8 heteroatoms. The van der Waals surface area contributed by atoms with Crippen molar-refractivity contribution >= 4 is 23.2 Å². The smallest absolute Gasteiger partial charge is 0.329 e. The van der Waals surface area contributed by atoms with Crippen LogP contribution in [0.3, 0.4) is 0 Å². The Labute approximate surface area is 154 Å². The third-order valence-corrected chi connectivity index (χ3v) is 5.86. The lowest BCUT2D eigenvalue weighted by atomic mass is 9.81. The minimum atomic E-state index is -1.17. The van der Waals surface area contributed by atoms with Gasteiger partial charge in [0.2, 0.25) is 6.79 Å². The number of rotatable bonds is 4. The summed E-state index contributed by atoms with van der Waals surface area (Å²) in [5, 5.41) is 13.0. The second kappa shape index (κ2) is 6.60. The highest BCUT2D eigenvalue weighted by atomic mass is 32.1. The zero-order valence-electron chi connectivity index (χ0n) is 14.0. The molecule has 26 heavy (non-hydrogen) atoms. The zero-order valence-corrected chi connectivity index (χ0v) is 14.8. The van der Waals surface area contributed by atoms with E-state index in [1.807, 2.05) is 12.1 Å². The molecule has 1 aromatic carbocycles. The molecule has 0 saturated heterocycles. The number of fused-ring (bicyclic) bond motifs is 1. The van der Waals surface area contributed by atoms with Crippen molar-refractivity contribution in [1.29, 1.82) is 0 Å². The summed E-state index contributed by atoms with van der Waals surface area (Å²) in [6.45, 7) is 0.196. The maximum absolute atomic E-state index is 12.6. The lowest BCUT2D eigenvalue weighted by Gasteiger charge is -2.33. The molecule has 7 nitrogen and oxygen atoms in total. The number of ether oxygens (including phenoxy) is 2. The SMILES string of the molecule is O=C(NC1(C(=O)O)CCCCC1)c1cnc(-c2ccc3c(c2)OCO3)s1. The summed E-state index contributed by atoms with van der Waals surface area (Å²) in [6, 6.07) is 5.48. The van der Waals surface area contributed by atoms with Crippen molar-refractivity contribution in [1.82, 2.24) is 10.3 Å². The van der Waals surface area contributed by atoms with E-state index in [9.17, 15) is 14.7 Å². The van der Waals surface area contributed by atoms with E-state index in [2.05, 4.69) is 10.3 Å². The summed E-state index contributed by atoms with van der Waals surface area (Å²) in [7, 11) is 0. The van der Waals surface area contributed by atoms with Crippen LogP contribution in [0, 0.1) is 0 Å². The van der Waals surface area contributed by atoms with Crippen molar-refractivity contribution < 1.29 is 24.2 Å². The minimum absolute atomic E-state index is 0.196. The standard InChI is InChI=1S/C18H18N2O5S/c21-15(20-18(17(22)23)6-2-1-3-7-18)14-9-19-16(26-14)11-4-5-12-13(8-11)25-10-24-12/h4-5,8-9H,1-3,6-7,10H2,(H,20,21)(H,22,23). The number of hydrogen-bond donors (Lipinski definition) is 2. The fraction of sp³-hybridized carbons (Fsp3) is 0.389. The summed E-state index contributed by atoms with van der Waals surface area (Å²) in [5.74, 6) is -0.0236. The molecule has 2 N–H and O–H groups in total. The highest BCUT2D eigenvalue weighted by molar-refractivity contribution is 7.16. The first-order valence-corrected chi connectivity index (χ1v) is 9.31. The summed E-state index contributed by atoms with van der Waals surface area (Å²) in [5.41, 5.74) is -0.345. The van der Waals surface area contributed by atoms with Crippen molar-refractivity contribution in [3.8, 4) is 22.1 Å².